The van der Waals surface area contributed by atoms with Crippen LogP contribution in [-0.4, -0.2) is 18.1 Å². The summed E-state index contributed by atoms with van der Waals surface area (Å²) in [5.41, 5.74) is 2.66. The molecule has 1 rings (SSSR count). The van der Waals surface area contributed by atoms with Crippen molar-refractivity contribution in [1.82, 2.24) is 5.01 Å². The highest BCUT2D eigenvalue weighted by molar-refractivity contribution is 5.32. The van der Waals surface area contributed by atoms with E-state index in [4.69, 9.17) is 5.84 Å². The number of nitrogens with zero attached hydrogens (tertiary/aromatic N) is 1. The SMILES string of the molecule is C=C/C=C\C1=C(C)CN(N)C1. The fourth-order valence-electron chi connectivity index (χ4n) is 1.19. The monoisotopic (exact) mass is 150 g/mol. The predicted octanol–water partition coefficient (Wildman–Crippen LogP) is 1.23. The van der Waals surface area contributed by atoms with E-state index in [0.717, 1.165) is 13.1 Å². The van der Waals surface area contributed by atoms with Gasteiger partial charge in [0.2, 0.25) is 0 Å². The van der Waals surface area contributed by atoms with Crippen molar-refractivity contribution < 1.29 is 0 Å². The predicted molar refractivity (Wildman–Crippen MR) is 47.8 cm³/mol. The lowest BCUT2D eigenvalue weighted by molar-refractivity contribution is 0.362. The maximum absolute atomic E-state index is 5.62. The Kier molecular flexibility index (Phi) is 2.63. The van der Waals surface area contributed by atoms with Crippen molar-refractivity contribution in [3.63, 3.8) is 0 Å². The molecule has 0 aromatic carbocycles. The third-order valence-electron chi connectivity index (χ3n) is 1.80. The zero-order valence-electron chi connectivity index (χ0n) is 6.88. The summed E-state index contributed by atoms with van der Waals surface area (Å²) in [5, 5.41) is 1.80. The lowest BCUT2D eigenvalue weighted by Gasteiger charge is -2.04. The smallest absolute Gasteiger partial charge is 0.0382 e. The van der Waals surface area contributed by atoms with Gasteiger partial charge in [0.25, 0.3) is 0 Å². The molecule has 0 atom stereocenters. The summed E-state index contributed by atoms with van der Waals surface area (Å²) >= 11 is 0. The Morgan fingerprint density at radius 3 is 2.73 bits per heavy atom. The molecule has 0 aliphatic carbocycles. The van der Waals surface area contributed by atoms with E-state index in [1.165, 1.54) is 11.1 Å². The maximum Gasteiger partial charge on any atom is 0.0382 e. The van der Waals surface area contributed by atoms with Gasteiger partial charge >= 0.3 is 0 Å². The molecule has 1 aliphatic heterocycles. The van der Waals surface area contributed by atoms with Crippen LogP contribution in [0.25, 0.3) is 0 Å². The molecular weight excluding hydrogens is 136 g/mol. The van der Waals surface area contributed by atoms with Gasteiger partial charge in [-0.3, -0.25) is 5.84 Å². The van der Waals surface area contributed by atoms with Crippen molar-refractivity contribution >= 4 is 0 Å². The van der Waals surface area contributed by atoms with Gasteiger partial charge < -0.3 is 0 Å². The Morgan fingerprint density at radius 1 is 1.55 bits per heavy atom. The number of allylic oxidation sites excluding steroid dienone is 2. The van der Waals surface area contributed by atoms with E-state index in [0.29, 0.717) is 0 Å². The van der Waals surface area contributed by atoms with Crippen LogP contribution in [0.1, 0.15) is 6.92 Å². The summed E-state index contributed by atoms with van der Waals surface area (Å²) in [5.74, 6) is 5.62. The fraction of sp³-hybridized carbons (Fsp3) is 0.333. The van der Waals surface area contributed by atoms with Crippen LogP contribution in [0.15, 0.2) is 36.0 Å². The van der Waals surface area contributed by atoms with Crippen molar-refractivity contribution in [3.8, 4) is 0 Å². The van der Waals surface area contributed by atoms with Crippen LogP contribution in [0.3, 0.4) is 0 Å². The Hall–Kier alpha value is -0.860. The second-order valence-electron chi connectivity index (χ2n) is 2.81. The van der Waals surface area contributed by atoms with Crippen molar-refractivity contribution in [2.24, 2.45) is 5.84 Å². The number of nitrogens with two attached hydrogens (primary N) is 1. The Morgan fingerprint density at radius 2 is 2.27 bits per heavy atom. The molecule has 1 aliphatic rings. The minimum Gasteiger partial charge on any atom is -0.268 e. The van der Waals surface area contributed by atoms with Gasteiger partial charge in [0, 0.05) is 13.1 Å². The van der Waals surface area contributed by atoms with Crippen molar-refractivity contribution in [2.75, 3.05) is 13.1 Å². The standard InChI is InChI=1S/C9H14N2/c1-3-4-5-9-7-11(10)6-8(9)2/h3-5H,1,6-7,10H2,2H3/b5-4-. The molecule has 2 heteroatoms. The van der Waals surface area contributed by atoms with Crippen LogP contribution in [0.2, 0.25) is 0 Å². The first kappa shape index (κ1) is 8.24. The maximum atomic E-state index is 5.62. The first-order valence-electron chi connectivity index (χ1n) is 3.71. The first-order valence-corrected chi connectivity index (χ1v) is 3.71. The normalized spacial score (nSPS) is 20.2. The molecule has 0 bridgehead atoms. The number of hydrazine groups is 1. The Balaban J connectivity index is 2.64. The van der Waals surface area contributed by atoms with Gasteiger partial charge in [0.05, 0.1) is 0 Å². The largest absolute Gasteiger partial charge is 0.268 e. The van der Waals surface area contributed by atoms with E-state index >= 15 is 0 Å². The van der Waals surface area contributed by atoms with Gasteiger partial charge in [0.15, 0.2) is 0 Å². The second kappa shape index (κ2) is 3.51. The summed E-state index contributed by atoms with van der Waals surface area (Å²) in [4.78, 5) is 0. The molecule has 1 heterocycles. The summed E-state index contributed by atoms with van der Waals surface area (Å²) in [7, 11) is 0. The Bertz CT molecular complexity index is 214. The lowest BCUT2D eigenvalue weighted by atomic mass is 10.2. The van der Waals surface area contributed by atoms with E-state index in [1.807, 2.05) is 6.08 Å². The molecule has 2 N–H and O–H groups in total. The minimum atomic E-state index is 0.857. The van der Waals surface area contributed by atoms with Crippen LogP contribution in [-0.2, 0) is 0 Å². The van der Waals surface area contributed by atoms with Crippen molar-refractivity contribution in [3.05, 3.63) is 36.0 Å². The third kappa shape index (κ3) is 2.03. The number of rotatable bonds is 2. The summed E-state index contributed by atoms with van der Waals surface area (Å²) in [6.45, 7) is 7.46. The quantitative estimate of drug-likeness (QED) is 0.474. The average molecular weight is 150 g/mol. The first-order chi connectivity index (χ1) is 5.24. The molecule has 0 saturated carbocycles. The highest BCUT2D eigenvalue weighted by Crippen LogP contribution is 2.14. The van der Waals surface area contributed by atoms with Crippen molar-refractivity contribution in [2.45, 2.75) is 6.92 Å². The fourth-order valence-corrected chi connectivity index (χ4v) is 1.19. The zero-order chi connectivity index (χ0) is 8.27. The minimum absolute atomic E-state index is 0.857. The molecule has 0 fully saturated rings. The van der Waals surface area contributed by atoms with Crippen molar-refractivity contribution in [1.29, 1.82) is 0 Å². The molecule has 0 amide bonds. The molecular formula is C9H14N2. The highest BCUT2D eigenvalue weighted by Gasteiger charge is 2.12. The topological polar surface area (TPSA) is 29.3 Å². The van der Waals surface area contributed by atoms with Crippen LogP contribution < -0.4 is 5.84 Å². The molecule has 0 saturated heterocycles. The van der Waals surface area contributed by atoms with Crippen LogP contribution >= 0.6 is 0 Å². The van der Waals surface area contributed by atoms with Gasteiger partial charge in [-0.2, -0.15) is 0 Å². The van der Waals surface area contributed by atoms with Gasteiger partial charge in [-0.05, 0) is 12.5 Å². The van der Waals surface area contributed by atoms with E-state index < -0.39 is 0 Å². The van der Waals surface area contributed by atoms with E-state index in [1.54, 1.807) is 11.1 Å². The van der Waals surface area contributed by atoms with Crippen LogP contribution in [0.5, 0.6) is 0 Å². The molecule has 11 heavy (non-hydrogen) atoms. The summed E-state index contributed by atoms with van der Waals surface area (Å²) in [6, 6.07) is 0. The average Bonchev–Trinajstić information content (AvgIpc) is 2.26. The van der Waals surface area contributed by atoms with E-state index in [2.05, 4.69) is 19.6 Å². The zero-order valence-corrected chi connectivity index (χ0v) is 6.88. The molecule has 60 valence electrons. The molecule has 2 nitrogen and oxygen atoms in total. The van der Waals surface area contributed by atoms with Gasteiger partial charge in [-0.15, -0.1) is 0 Å². The highest BCUT2D eigenvalue weighted by atomic mass is 15.4. The lowest BCUT2D eigenvalue weighted by Crippen LogP contribution is -2.28. The molecule has 0 radical (unpaired) electrons. The van der Waals surface area contributed by atoms with E-state index in [-0.39, 0.29) is 0 Å². The molecule has 0 unspecified atom stereocenters. The molecule has 0 aromatic heterocycles. The number of hydrogen-bond donors (Lipinski definition) is 1. The van der Waals surface area contributed by atoms with Crippen LogP contribution in [0, 0.1) is 0 Å². The summed E-state index contributed by atoms with van der Waals surface area (Å²) in [6.07, 6.45) is 5.78. The van der Waals surface area contributed by atoms with E-state index in [9.17, 15) is 0 Å². The van der Waals surface area contributed by atoms with Gasteiger partial charge in [-0.1, -0.05) is 30.4 Å². The third-order valence-corrected chi connectivity index (χ3v) is 1.80. The van der Waals surface area contributed by atoms with Crippen LogP contribution in [0.4, 0.5) is 0 Å². The molecule has 0 spiro atoms. The van der Waals surface area contributed by atoms with Gasteiger partial charge in [0.1, 0.15) is 0 Å². The molecule has 0 aromatic rings. The Labute approximate surface area is 67.7 Å². The summed E-state index contributed by atoms with van der Waals surface area (Å²) < 4.78 is 0. The number of hydrogen-bond acceptors (Lipinski definition) is 2. The second-order valence-corrected chi connectivity index (χ2v) is 2.81. The van der Waals surface area contributed by atoms with Gasteiger partial charge in [-0.25, -0.2) is 5.01 Å².